The quantitative estimate of drug-likeness (QED) is 0.110. The number of allylic oxidation sites excluding steroid dienone is 2. The number of phenols is 1. The third-order valence-electron chi connectivity index (χ3n) is 9.79. The molecule has 0 bridgehead atoms. The lowest BCUT2D eigenvalue weighted by Gasteiger charge is -2.50. The van der Waals surface area contributed by atoms with E-state index in [0.717, 1.165) is 28.0 Å². The third kappa shape index (κ3) is 4.30. The number of hydrogen-bond acceptors (Lipinski definition) is 8. The number of anilines is 2. The number of fused-ring (bicyclic) bond motifs is 4. The number of methoxy groups -OCH3 is 1. The second kappa shape index (κ2) is 11.1. The van der Waals surface area contributed by atoms with Crippen molar-refractivity contribution >= 4 is 79.8 Å². The van der Waals surface area contributed by atoms with Crippen LogP contribution in [0.3, 0.4) is 0 Å². The lowest BCUT2D eigenvalue weighted by molar-refractivity contribution is -0.384. The summed E-state index contributed by atoms with van der Waals surface area (Å²) >= 11 is 18.1. The van der Waals surface area contributed by atoms with Gasteiger partial charge in [0.15, 0.2) is 21.2 Å². The summed E-state index contributed by atoms with van der Waals surface area (Å²) in [4.78, 5) is 65.0. The van der Waals surface area contributed by atoms with Gasteiger partial charge in [-0.3, -0.25) is 29.3 Å². The zero-order valence-electron chi connectivity index (χ0n) is 24.7. The van der Waals surface area contributed by atoms with E-state index in [1.54, 1.807) is 6.08 Å². The number of halogens is 4. The molecule has 4 amide bonds. The lowest BCUT2D eigenvalue weighted by atomic mass is 9.56. The molecule has 1 saturated carbocycles. The number of hydrogen-bond donors (Lipinski definition) is 1. The molecular formula is C33H23BrCl2FN3O8. The SMILES string of the molecule is COc1cc(Br)cc(C2C3=CCC4C(=O)N(c5cccc([N+](=O)[O-])c5)C(=O)C4C3CC3(Cl)C(=O)N(c4ccc(F)cc4)C(=O)C23Cl)c1O. The molecule has 11 nitrogen and oxygen atoms in total. The van der Waals surface area contributed by atoms with Crippen LogP contribution >= 0.6 is 39.1 Å². The highest BCUT2D eigenvalue weighted by molar-refractivity contribution is 9.10. The normalized spacial score (nSPS) is 29.4. The summed E-state index contributed by atoms with van der Waals surface area (Å²) in [5, 5.41) is 23.0. The molecule has 2 heterocycles. The predicted octanol–water partition coefficient (Wildman–Crippen LogP) is 5.98. The van der Waals surface area contributed by atoms with Crippen molar-refractivity contribution in [3.63, 3.8) is 0 Å². The van der Waals surface area contributed by atoms with E-state index < -0.39 is 67.8 Å². The van der Waals surface area contributed by atoms with Gasteiger partial charge in [0.1, 0.15) is 5.82 Å². The summed E-state index contributed by atoms with van der Waals surface area (Å²) in [6, 6.07) is 12.7. The molecule has 0 radical (unpaired) electrons. The summed E-state index contributed by atoms with van der Waals surface area (Å²) in [6.07, 6.45) is 1.36. The van der Waals surface area contributed by atoms with Gasteiger partial charge in [-0.05, 0) is 61.2 Å². The minimum atomic E-state index is -2.27. The standard InChI is InChI=1S/C33H23BrCl2FN3O8/c1-48-24-12-15(34)11-22(27(24)41)26-20-9-10-21-25(29(43)38(28(21)42)18-3-2-4-19(13-18)40(46)47)23(20)14-32(35)30(44)39(31(45)33(26,32)36)17-7-5-16(37)6-8-17/h2-9,11-13,21,23,25-26,41H,10,14H2,1H3. The van der Waals surface area contributed by atoms with Gasteiger partial charge in [-0.25, -0.2) is 14.2 Å². The van der Waals surface area contributed by atoms with Crippen LogP contribution < -0.4 is 14.5 Å². The van der Waals surface area contributed by atoms with Crippen molar-refractivity contribution in [2.24, 2.45) is 17.8 Å². The van der Waals surface area contributed by atoms with Gasteiger partial charge >= 0.3 is 0 Å². The van der Waals surface area contributed by atoms with Crippen molar-refractivity contribution in [2.75, 3.05) is 16.9 Å². The summed E-state index contributed by atoms with van der Waals surface area (Å²) in [6.45, 7) is 0. The van der Waals surface area contributed by atoms with Crippen molar-refractivity contribution in [2.45, 2.75) is 28.5 Å². The predicted molar refractivity (Wildman–Crippen MR) is 175 cm³/mol. The van der Waals surface area contributed by atoms with Crippen LogP contribution in [0.15, 0.2) is 76.8 Å². The van der Waals surface area contributed by atoms with Crippen molar-refractivity contribution in [1.82, 2.24) is 0 Å². The Kier molecular flexibility index (Phi) is 7.46. The zero-order chi connectivity index (χ0) is 34.4. The maximum absolute atomic E-state index is 14.5. The Labute approximate surface area is 290 Å². The number of ether oxygens (including phenoxy) is 1. The number of phenolic OH excluding ortho intramolecular Hbond substituents is 1. The largest absolute Gasteiger partial charge is 0.504 e. The molecule has 2 aliphatic heterocycles. The molecule has 48 heavy (non-hydrogen) atoms. The van der Waals surface area contributed by atoms with Crippen molar-refractivity contribution in [1.29, 1.82) is 0 Å². The molecule has 2 saturated heterocycles. The average molecular weight is 759 g/mol. The monoisotopic (exact) mass is 757 g/mol. The minimum Gasteiger partial charge on any atom is -0.504 e. The minimum absolute atomic E-state index is 0.00874. The molecule has 3 fully saturated rings. The molecule has 2 aliphatic carbocycles. The Hall–Kier alpha value is -4.33. The Morgan fingerprint density at radius 1 is 0.979 bits per heavy atom. The van der Waals surface area contributed by atoms with Crippen molar-refractivity contribution in [3.8, 4) is 11.5 Å². The molecule has 1 N–H and O–H groups in total. The van der Waals surface area contributed by atoms with Gasteiger partial charge in [0.05, 0.1) is 35.2 Å². The molecule has 7 rings (SSSR count). The van der Waals surface area contributed by atoms with E-state index in [1.807, 2.05) is 0 Å². The number of amides is 4. The highest BCUT2D eigenvalue weighted by Crippen LogP contribution is 2.67. The molecule has 4 aliphatic rings. The summed E-state index contributed by atoms with van der Waals surface area (Å²) < 4.78 is 19.7. The average Bonchev–Trinajstić information content (AvgIpc) is 3.40. The van der Waals surface area contributed by atoms with Gasteiger partial charge in [0, 0.05) is 28.1 Å². The number of imide groups is 2. The molecule has 0 spiro atoms. The van der Waals surface area contributed by atoms with Gasteiger partial charge < -0.3 is 9.84 Å². The second-order valence-electron chi connectivity index (χ2n) is 12.1. The molecule has 0 aromatic heterocycles. The van der Waals surface area contributed by atoms with Crippen LogP contribution in [-0.4, -0.2) is 50.5 Å². The van der Waals surface area contributed by atoms with Gasteiger partial charge in [0.2, 0.25) is 11.8 Å². The number of aromatic hydroxyl groups is 1. The smallest absolute Gasteiger partial charge is 0.271 e. The first-order chi connectivity index (χ1) is 22.7. The highest BCUT2D eigenvalue weighted by Gasteiger charge is 2.77. The van der Waals surface area contributed by atoms with Crippen molar-refractivity contribution < 1.29 is 38.3 Å². The second-order valence-corrected chi connectivity index (χ2v) is 14.2. The Balaban J connectivity index is 1.42. The lowest BCUT2D eigenvalue weighted by Crippen LogP contribution is -2.60. The topological polar surface area (TPSA) is 147 Å². The maximum Gasteiger partial charge on any atom is 0.271 e. The Morgan fingerprint density at radius 3 is 2.35 bits per heavy atom. The number of non-ortho nitro benzene ring substituents is 1. The summed E-state index contributed by atoms with van der Waals surface area (Å²) in [5.41, 5.74) is 0.182. The number of nitro groups is 1. The Bertz CT molecular complexity index is 2010. The number of nitro benzene ring substituents is 1. The van der Waals surface area contributed by atoms with E-state index in [1.165, 1.54) is 49.6 Å². The van der Waals surface area contributed by atoms with Crippen LogP contribution in [0.1, 0.15) is 24.3 Å². The van der Waals surface area contributed by atoms with Crippen LogP contribution in [0.25, 0.3) is 0 Å². The number of nitrogens with zero attached hydrogens (tertiary/aromatic N) is 3. The first kappa shape index (κ1) is 32.2. The van der Waals surface area contributed by atoms with Crippen LogP contribution in [0.5, 0.6) is 11.5 Å². The Morgan fingerprint density at radius 2 is 1.69 bits per heavy atom. The highest BCUT2D eigenvalue weighted by atomic mass is 79.9. The zero-order valence-corrected chi connectivity index (χ0v) is 27.8. The molecule has 15 heteroatoms. The molecule has 3 aromatic carbocycles. The number of alkyl halides is 2. The molecule has 246 valence electrons. The van der Waals surface area contributed by atoms with Gasteiger partial charge in [-0.1, -0.05) is 33.6 Å². The molecular weight excluding hydrogens is 736 g/mol. The summed E-state index contributed by atoms with van der Waals surface area (Å²) in [5.74, 6) is -8.33. The number of carbonyl (C=O) groups excluding carboxylic acids is 4. The van der Waals surface area contributed by atoms with Crippen molar-refractivity contribution in [3.05, 3.63) is 98.3 Å². The fraction of sp³-hybridized carbons (Fsp3) is 0.273. The van der Waals surface area contributed by atoms with E-state index in [2.05, 4.69) is 15.9 Å². The molecule has 3 aromatic rings. The van der Waals surface area contributed by atoms with Crippen LogP contribution in [0, 0.1) is 33.7 Å². The van der Waals surface area contributed by atoms with E-state index in [-0.39, 0.29) is 47.0 Å². The first-order valence-electron chi connectivity index (χ1n) is 14.7. The number of carbonyl (C=O) groups is 4. The van der Waals surface area contributed by atoms with E-state index in [9.17, 15) is 38.8 Å². The van der Waals surface area contributed by atoms with Gasteiger partial charge in [-0.2, -0.15) is 0 Å². The fourth-order valence-corrected chi connectivity index (χ4v) is 9.10. The van der Waals surface area contributed by atoms with Gasteiger partial charge in [0.25, 0.3) is 17.5 Å². The number of rotatable bonds is 5. The number of benzene rings is 3. The van der Waals surface area contributed by atoms with Crippen LogP contribution in [0.2, 0.25) is 0 Å². The van der Waals surface area contributed by atoms with Crippen LogP contribution in [-0.2, 0) is 19.2 Å². The van der Waals surface area contributed by atoms with Gasteiger partial charge in [-0.15, -0.1) is 23.2 Å². The fourth-order valence-electron chi connectivity index (χ4n) is 7.71. The van der Waals surface area contributed by atoms with E-state index in [0.29, 0.717) is 10.0 Å². The summed E-state index contributed by atoms with van der Waals surface area (Å²) in [7, 11) is 1.33. The maximum atomic E-state index is 14.5. The first-order valence-corrected chi connectivity index (χ1v) is 16.2. The molecule has 6 atom stereocenters. The molecule has 6 unspecified atom stereocenters. The third-order valence-corrected chi connectivity index (χ3v) is 11.7. The van der Waals surface area contributed by atoms with E-state index in [4.69, 9.17) is 27.9 Å². The van der Waals surface area contributed by atoms with Crippen LogP contribution in [0.4, 0.5) is 21.5 Å². The van der Waals surface area contributed by atoms with E-state index >= 15 is 0 Å².